The molecule has 3 heterocycles. The van der Waals surface area contributed by atoms with Crippen molar-refractivity contribution in [2.75, 3.05) is 0 Å². The second-order valence-corrected chi connectivity index (χ2v) is 5.70. The Morgan fingerprint density at radius 1 is 1.30 bits per heavy atom. The second-order valence-electron chi connectivity index (χ2n) is 3.79. The van der Waals surface area contributed by atoms with E-state index in [-0.39, 0.29) is 9.49 Å². The van der Waals surface area contributed by atoms with Gasteiger partial charge in [0.1, 0.15) is 5.02 Å². The predicted octanol–water partition coefficient (Wildman–Crippen LogP) is 3.02. The van der Waals surface area contributed by atoms with Gasteiger partial charge in [-0.05, 0) is 29.3 Å². The van der Waals surface area contributed by atoms with Gasteiger partial charge in [0.15, 0.2) is 0 Å². The topological polar surface area (TPSA) is 60.2 Å². The Balaban J connectivity index is 2.10. The molecule has 0 aliphatic heterocycles. The summed E-state index contributed by atoms with van der Waals surface area (Å²) in [6.45, 7) is 0. The van der Waals surface area contributed by atoms with Crippen LogP contribution in [0.5, 0.6) is 0 Å². The number of pyridine rings is 1. The number of hydrogen-bond donors (Lipinski definition) is 0. The summed E-state index contributed by atoms with van der Waals surface area (Å²) in [5.41, 5.74) is 0.819. The van der Waals surface area contributed by atoms with Gasteiger partial charge in [-0.2, -0.15) is 4.52 Å². The molecule has 0 N–H and O–H groups in total. The second kappa shape index (κ2) is 5.32. The SMILES string of the molecule is O=c1c(Cl)c(/C=C/c2cccnc2)nc2sc(Cl)nn12. The van der Waals surface area contributed by atoms with Crippen LogP contribution in [0.1, 0.15) is 11.3 Å². The normalized spacial score (nSPS) is 11.5. The Labute approximate surface area is 127 Å². The van der Waals surface area contributed by atoms with E-state index >= 15 is 0 Å². The van der Waals surface area contributed by atoms with Gasteiger partial charge in [-0.25, -0.2) is 4.98 Å². The maximum Gasteiger partial charge on any atom is 0.294 e. The smallest absolute Gasteiger partial charge is 0.266 e. The molecule has 0 unspecified atom stereocenters. The van der Waals surface area contributed by atoms with Gasteiger partial charge in [0, 0.05) is 12.4 Å². The van der Waals surface area contributed by atoms with Gasteiger partial charge >= 0.3 is 0 Å². The van der Waals surface area contributed by atoms with Crippen LogP contribution >= 0.6 is 34.5 Å². The minimum absolute atomic E-state index is 0.00427. The quantitative estimate of drug-likeness (QED) is 0.727. The van der Waals surface area contributed by atoms with Crippen molar-refractivity contribution in [3.63, 3.8) is 0 Å². The van der Waals surface area contributed by atoms with Crippen molar-refractivity contribution in [3.8, 4) is 0 Å². The molecule has 0 aromatic carbocycles. The van der Waals surface area contributed by atoms with E-state index in [1.807, 2.05) is 12.1 Å². The molecule has 0 aliphatic carbocycles. The Kier molecular flexibility index (Phi) is 3.52. The Morgan fingerprint density at radius 3 is 2.90 bits per heavy atom. The first-order valence-corrected chi connectivity index (χ1v) is 7.05. The zero-order chi connectivity index (χ0) is 14.1. The first-order valence-electron chi connectivity index (χ1n) is 5.48. The molecule has 0 saturated carbocycles. The molecule has 100 valence electrons. The van der Waals surface area contributed by atoms with Crippen LogP contribution in [0.3, 0.4) is 0 Å². The van der Waals surface area contributed by atoms with E-state index in [1.54, 1.807) is 24.5 Å². The fourth-order valence-corrected chi connectivity index (χ4v) is 2.67. The zero-order valence-electron chi connectivity index (χ0n) is 9.83. The molecular weight excluding hydrogens is 319 g/mol. The van der Waals surface area contributed by atoms with Crippen molar-refractivity contribution in [2.45, 2.75) is 0 Å². The largest absolute Gasteiger partial charge is 0.294 e. The minimum atomic E-state index is -0.439. The lowest BCUT2D eigenvalue weighted by atomic mass is 10.2. The highest BCUT2D eigenvalue weighted by Crippen LogP contribution is 2.20. The lowest BCUT2D eigenvalue weighted by Gasteiger charge is -1.97. The molecule has 0 saturated heterocycles. The van der Waals surface area contributed by atoms with Crippen molar-refractivity contribution in [3.05, 3.63) is 55.6 Å². The maximum atomic E-state index is 12.0. The number of hydrogen-bond acceptors (Lipinski definition) is 5. The number of halogens is 2. The molecule has 0 spiro atoms. The van der Waals surface area contributed by atoms with E-state index in [0.29, 0.717) is 10.7 Å². The van der Waals surface area contributed by atoms with Crippen molar-refractivity contribution in [2.24, 2.45) is 0 Å². The molecule has 3 aromatic heterocycles. The Morgan fingerprint density at radius 2 is 2.15 bits per heavy atom. The fourth-order valence-electron chi connectivity index (χ4n) is 1.58. The van der Waals surface area contributed by atoms with Crippen molar-refractivity contribution < 1.29 is 0 Å². The summed E-state index contributed by atoms with van der Waals surface area (Å²) in [6.07, 6.45) is 6.81. The van der Waals surface area contributed by atoms with Crippen LogP contribution < -0.4 is 5.56 Å². The third-order valence-electron chi connectivity index (χ3n) is 2.47. The lowest BCUT2D eigenvalue weighted by Crippen LogP contribution is -2.16. The molecule has 0 aliphatic rings. The fraction of sp³-hybridized carbons (Fsp3) is 0. The van der Waals surface area contributed by atoms with Gasteiger partial charge in [0.2, 0.25) is 9.43 Å². The van der Waals surface area contributed by atoms with Crippen molar-refractivity contribution in [1.82, 2.24) is 19.6 Å². The van der Waals surface area contributed by atoms with Crippen LogP contribution in [0.15, 0.2) is 29.3 Å². The van der Waals surface area contributed by atoms with Gasteiger partial charge in [0.25, 0.3) is 5.56 Å². The monoisotopic (exact) mass is 324 g/mol. The molecule has 0 bridgehead atoms. The Bertz CT molecular complexity index is 857. The number of fused-ring (bicyclic) bond motifs is 1. The van der Waals surface area contributed by atoms with Gasteiger partial charge in [-0.1, -0.05) is 35.1 Å². The van der Waals surface area contributed by atoms with Crippen molar-refractivity contribution >= 4 is 51.7 Å². The summed E-state index contributed by atoms with van der Waals surface area (Å²) in [5, 5.41) is 3.84. The highest BCUT2D eigenvalue weighted by molar-refractivity contribution is 7.20. The molecule has 5 nitrogen and oxygen atoms in total. The van der Waals surface area contributed by atoms with E-state index in [9.17, 15) is 4.79 Å². The molecule has 0 radical (unpaired) electrons. The van der Waals surface area contributed by atoms with Gasteiger partial charge in [0.05, 0.1) is 5.69 Å². The third-order valence-corrected chi connectivity index (χ3v) is 3.83. The predicted molar refractivity (Wildman–Crippen MR) is 80.3 cm³/mol. The minimum Gasteiger partial charge on any atom is -0.266 e. The van der Waals surface area contributed by atoms with Gasteiger partial charge in [-0.3, -0.25) is 9.78 Å². The van der Waals surface area contributed by atoms with E-state index < -0.39 is 5.56 Å². The molecule has 0 amide bonds. The number of aromatic nitrogens is 4. The summed E-state index contributed by atoms with van der Waals surface area (Å²) in [6, 6.07) is 3.70. The molecule has 3 rings (SSSR count). The summed E-state index contributed by atoms with van der Waals surface area (Å²) >= 11 is 12.9. The third kappa shape index (κ3) is 2.45. The maximum absolute atomic E-state index is 12.0. The van der Waals surface area contributed by atoms with Gasteiger partial charge in [-0.15, -0.1) is 5.10 Å². The van der Waals surface area contributed by atoms with Crippen LogP contribution in [0.2, 0.25) is 9.49 Å². The van der Waals surface area contributed by atoms with Crippen LogP contribution in [-0.2, 0) is 0 Å². The molecule has 0 atom stereocenters. The van der Waals surface area contributed by atoms with Crippen LogP contribution in [0.4, 0.5) is 0 Å². The van der Waals surface area contributed by atoms with Crippen LogP contribution in [0.25, 0.3) is 17.1 Å². The Hall–Kier alpha value is -1.76. The molecule has 3 aromatic rings. The summed E-state index contributed by atoms with van der Waals surface area (Å²) < 4.78 is 1.33. The van der Waals surface area contributed by atoms with E-state index in [0.717, 1.165) is 21.4 Å². The number of nitrogens with zero attached hydrogens (tertiary/aromatic N) is 4. The lowest BCUT2D eigenvalue weighted by molar-refractivity contribution is 0.898. The molecule has 20 heavy (non-hydrogen) atoms. The highest BCUT2D eigenvalue weighted by atomic mass is 35.5. The first kappa shape index (κ1) is 13.2. The molecule has 8 heteroatoms. The van der Waals surface area contributed by atoms with Gasteiger partial charge < -0.3 is 0 Å². The van der Waals surface area contributed by atoms with Crippen LogP contribution in [0, 0.1) is 0 Å². The standard InChI is InChI=1S/C12H6Cl2N4OS/c13-9-8(4-3-7-2-1-5-15-6-7)16-12-18(10(9)19)17-11(14)20-12/h1-6H/b4-3+. The number of rotatable bonds is 2. The summed E-state index contributed by atoms with van der Waals surface area (Å²) in [5.74, 6) is 0. The van der Waals surface area contributed by atoms with E-state index in [4.69, 9.17) is 23.2 Å². The average Bonchev–Trinajstić information content (AvgIpc) is 2.83. The van der Waals surface area contributed by atoms with E-state index in [2.05, 4.69) is 15.1 Å². The highest BCUT2D eigenvalue weighted by Gasteiger charge is 2.12. The first-order chi connectivity index (χ1) is 9.65. The summed E-state index contributed by atoms with van der Waals surface area (Å²) in [4.78, 5) is 20.7. The summed E-state index contributed by atoms with van der Waals surface area (Å²) in [7, 11) is 0. The van der Waals surface area contributed by atoms with Crippen LogP contribution in [-0.4, -0.2) is 19.6 Å². The van der Waals surface area contributed by atoms with Crippen molar-refractivity contribution in [1.29, 1.82) is 0 Å². The van der Waals surface area contributed by atoms with E-state index in [1.165, 1.54) is 0 Å². The molecular formula is C12H6Cl2N4OS. The molecule has 0 fully saturated rings. The average molecular weight is 325 g/mol. The zero-order valence-corrected chi connectivity index (χ0v) is 12.2.